The molecule has 0 radical (unpaired) electrons. The van der Waals surface area contributed by atoms with Crippen molar-refractivity contribution in [2.24, 2.45) is 20.5 Å². The van der Waals surface area contributed by atoms with E-state index in [2.05, 4.69) is 42.6 Å². The number of benzene rings is 2. The van der Waals surface area contributed by atoms with Crippen molar-refractivity contribution in [1.29, 1.82) is 10.5 Å². The Morgan fingerprint density at radius 1 is 0.582 bits per heavy atom. The van der Waals surface area contributed by atoms with Gasteiger partial charge in [0.2, 0.25) is 11.8 Å². The molecule has 0 saturated carbocycles. The van der Waals surface area contributed by atoms with Gasteiger partial charge in [-0.2, -0.15) is 10.5 Å². The smallest absolute Gasteiger partial charge is 0.226 e. The van der Waals surface area contributed by atoms with Crippen LogP contribution in [0.5, 0.6) is 11.8 Å². The van der Waals surface area contributed by atoms with Gasteiger partial charge in [0.25, 0.3) is 0 Å². The van der Waals surface area contributed by atoms with Crippen molar-refractivity contribution in [3.8, 4) is 43.4 Å². The molecule has 0 aliphatic carbocycles. The zero-order chi connectivity index (χ0) is 38.1. The highest BCUT2D eigenvalue weighted by Crippen LogP contribution is 2.45. The fourth-order valence-corrected chi connectivity index (χ4v) is 9.50. The highest BCUT2D eigenvalue weighted by Gasteiger charge is 2.23. The number of hydrogen-bond acceptors (Lipinski definition) is 13. The minimum atomic E-state index is -0.174. The van der Waals surface area contributed by atoms with E-state index in [0.29, 0.717) is 64.5 Å². The number of fused-ring (bicyclic) bond motifs is 6. The molecule has 2 aromatic carbocycles. The summed E-state index contributed by atoms with van der Waals surface area (Å²) < 4.78 is 2.98. The lowest BCUT2D eigenvalue weighted by atomic mass is 10.1. The standard InChI is InChI=1S/C38H20Cl2N10O2S3/c1-17-21(15-41)35-43-23-13-19(39)3-5-25(23)49(35)37(51)33(17)47-45-31-11-9-29(54-31)27-7-8-28(53-27)30-10-12-32(55-30)46-48-34-18(2)22(16-42)36-44-24-14-20(40)4-6-26(24)50(36)38(34)52/h3-14,51-52H,1-2H3. The van der Waals surface area contributed by atoms with Gasteiger partial charge in [-0.25, -0.2) is 9.97 Å². The van der Waals surface area contributed by atoms with Crippen LogP contribution in [0.2, 0.25) is 10.0 Å². The molecule has 0 saturated heterocycles. The number of nitrogens with zero attached hydrogens (tertiary/aromatic N) is 10. The van der Waals surface area contributed by atoms with Crippen LogP contribution < -0.4 is 0 Å². The molecule has 0 bridgehead atoms. The summed E-state index contributed by atoms with van der Waals surface area (Å²) in [7, 11) is 0. The van der Waals surface area contributed by atoms with E-state index in [0.717, 1.165) is 19.5 Å². The van der Waals surface area contributed by atoms with E-state index in [1.54, 1.807) is 61.6 Å². The normalized spacial score (nSPS) is 12.0. The summed E-state index contributed by atoms with van der Waals surface area (Å²) in [6, 6.07) is 26.3. The molecule has 0 amide bonds. The van der Waals surface area contributed by atoms with Crippen molar-refractivity contribution < 1.29 is 10.2 Å². The lowest BCUT2D eigenvalue weighted by Gasteiger charge is -2.08. The molecule has 0 atom stereocenters. The molecule has 0 unspecified atom stereocenters. The summed E-state index contributed by atoms with van der Waals surface area (Å²) in [6.45, 7) is 3.41. The molecule has 12 nitrogen and oxygen atoms in total. The molecule has 9 aromatic rings. The van der Waals surface area contributed by atoms with Crippen LogP contribution >= 0.6 is 57.2 Å². The Labute approximate surface area is 332 Å². The van der Waals surface area contributed by atoms with Gasteiger partial charge in [-0.1, -0.05) is 23.2 Å². The molecule has 17 heteroatoms. The summed E-state index contributed by atoms with van der Waals surface area (Å²) in [5, 5.41) is 62.4. The first-order valence-corrected chi connectivity index (χ1v) is 19.4. The Kier molecular flexibility index (Phi) is 8.34. The van der Waals surface area contributed by atoms with Gasteiger partial charge < -0.3 is 10.2 Å². The molecule has 7 heterocycles. The largest absolute Gasteiger partial charge is 0.493 e. The highest BCUT2D eigenvalue weighted by atomic mass is 35.5. The number of aromatic nitrogens is 4. The van der Waals surface area contributed by atoms with Crippen molar-refractivity contribution in [2.75, 3.05) is 0 Å². The number of thiophene rings is 3. The Morgan fingerprint density at radius 3 is 1.40 bits per heavy atom. The molecule has 266 valence electrons. The monoisotopic (exact) mass is 814 g/mol. The number of rotatable bonds is 6. The van der Waals surface area contributed by atoms with Gasteiger partial charge in [-0.3, -0.25) is 8.80 Å². The fraction of sp³-hybridized carbons (Fsp3) is 0.0526. The fourth-order valence-electron chi connectivity index (χ4n) is 6.33. The predicted octanol–water partition coefficient (Wildman–Crippen LogP) is 12.7. The second-order valence-corrected chi connectivity index (χ2v) is 16.3. The van der Waals surface area contributed by atoms with E-state index in [-0.39, 0.29) is 34.3 Å². The maximum atomic E-state index is 11.3. The maximum Gasteiger partial charge on any atom is 0.226 e. The van der Waals surface area contributed by atoms with Crippen molar-refractivity contribution >= 4 is 112 Å². The number of nitriles is 2. The first-order chi connectivity index (χ1) is 26.6. The Hall–Kier alpha value is -6.20. The molecular formula is C38H20Cl2N10O2S3. The summed E-state index contributed by atoms with van der Waals surface area (Å²) in [5.74, 6) is -0.348. The van der Waals surface area contributed by atoms with E-state index in [9.17, 15) is 20.7 Å². The number of hydrogen-bond donors (Lipinski definition) is 2. The number of azo groups is 2. The first kappa shape index (κ1) is 34.6. The summed E-state index contributed by atoms with van der Waals surface area (Å²) in [5.41, 5.74) is 4.75. The minimum Gasteiger partial charge on any atom is -0.493 e. The second-order valence-electron chi connectivity index (χ2n) is 12.2. The maximum absolute atomic E-state index is 11.3. The summed E-state index contributed by atoms with van der Waals surface area (Å²) in [4.78, 5) is 13.1. The Bertz CT molecular complexity index is 3020. The van der Waals surface area contributed by atoms with Crippen LogP contribution in [0.15, 0.2) is 93.3 Å². The number of pyridine rings is 2. The quantitative estimate of drug-likeness (QED) is 0.158. The van der Waals surface area contributed by atoms with Crippen molar-refractivity contribution in [3.05, 3.63) is 105 Å². The SMILES string of the molecule is Cc1c(N=Nc2ccc(-c3ccc(-c4ccc(N=Nc5c(C)c(C#N)c6nc7cc(Cl)ccc7n6c5O)s4)s3)s2)c(O)n2c(nc3cc(Cl)ccc32)c1C#N. The third kappa shape index (κ3) is 5.69. The van der Waals surface area contributed by atoms with Gasteiger partial charge in [0.05, 0.1) is 22.1 Å². The van der Waals surface area contributed by atoms with Crippen LogP contribution in [0.3, 0.4) is 0 Å². The summed E-state index contributed by atoms with van der Waals surface area (Å²) in [6.07, 6.45) is 0. The highest BCUT2D eigenvalue weighted by molar-refractivity contribution is 7.28. The van der Waals surface area contributed by atoms with E-state index < -0.39 is 0 Å². The molecule has 0 spiro atoms. The van der Waals surface area contributed by atoms with Crippen molar-refractivity contribution in [1.82, 2.24) is 18.8 Å². The number of halogens is 2. The first-order valence-electron chi connectivity index (χ1n) is 16.2. The zero-order valence-corrected chi connectivity index (χ0v) is 32.2. The number of imidazole rings is 2. The summed E-state index contributed by atoms with van der Waals surface area (Å²) >= 11 is 16.8. The third-order valence-corrected chi connectivity index (χ3v) is 12.9. The molecule has 2 N–H and O–H groups in total. The molecule has 55 heavy (non-hydrogen) atoms. The Balaban J connectivity index is 0.974. The second kappa shape index (κ2) is 13.3. The van der Waals surface area contributed by atoms with E-state index in [1.165, 1.54) is 31.5 Å². The average Bonchev–Trinajstić information content (AvgIpc) is 4.01. The molecule has 0 aliphatic heterocycles. The van der Waals surface area contributed by atoms with Crippen LogP contribution in [-0.2, 0) is 0 Å². The zero-order valence-electron chi connectivity index (χ0n) is 28.3. The van der Waals surface area contributed by atoms with Crippen LogP contribution in [0.1, 0.15) is 22.3 Å². The van der Waals surface area contributed by atoms with Crippen LogP contribution in [0, 0.1) is 36.5 Å². The number of aromatic hydroxyl groups is 2. The topological polar surface area (TPSA) is 172 Å². The van der Waals surface area contributed by atoms with Gasteiger partial charge >= 0.3 is 0 Å². The lowest BCUT2D eigenvalue weighted by molar-refractivity contribution is 0.448. The van der Waals surface area contributed by atoms with Gasteiger partial charge in [0, 0.05) is 40.7 Å². The van der Waals surface area contributed by atoms with Crippen LogP contribution in [0.4, 0.5) is 21.4 Å². The lowest BCUT2D eigenvalue weighted by Crippen LogP contribution is -1.95. The van der Waals surface area contributed by atoms with Gasteiger partial charge in [-0.05, 0) is 86.6 Å². The Morgan fingerprint density at radius 2 is 0.982 bits per heavy atom. The van der Waals surface area contributed by atoms with E-state index in [4.69, 9.17) is 23.2 Å². The molecule has 7 aromatic heterocycles. The van der Waals surface area contributed by atoms with Crippen LogP contribution in [-0.4, -0.2) is 29.0 Å². The van der Waals surface area contributed by atoms with Gasteiger partial charge in [-0.15, -0.1) is 54.5 Å². The van der Waals surface area contributed by atoms with Crippen molar-refractivity contribution in [2.45, 2.75) is 13.8 Å². The molecular weight excluding hydrogens is 796 g/mol. The third-order valence-electron chi connectivity index (χ3n) is 8.98. The molecule has 0 aliphatic rings. The average molecular weight is 816 g/mol. The molecule has 0 fully saturated rings. The molecule has 9 rings (SSSR count). The minimum absolute atomic E-state index is 0.174. The predicted molar refractivity (Wildman–Crippen MR) is 217 cm³/mol. The van der Waals surface area contributed by atoms with Gasteiger partial charge in [0.1, 0.15) is 33.3 Å². The van der Waals surface area contributed by atoms with E-state index in [1.807, 2.05) is 36.4 Å². The van der Waals surface area contributed by atoms with Crippen LogP contribution in [0.25, 0.3) is 52.9 Å². The van der Waals surface area contributed by atoms with Gasteiger partial charge in [0.15, 0.2) is 22.7 Å². The van der Waals surface area contributed by atoms with E-state index >= 15 is 0 Å². The van der Waals surface area contributed by atoms with Crippen molar-refractivity contribution in [3.63, 3.8) is 0 Å².